The molecule has 0 radical (unpaired) electrons. The molecular formula is C6H13F. The van der Waals surface area contributed by atoms with Gasteiger partial charge in [0.15, 0.2) is 0 Å². The summed E-state index contributed by atoms with van der Waals surface area (Å²) in [5.41, 5.74) is 0. The lowest BCUT2D eigenvalue weighted by Gasteiger charge is -1.95. The number of rotatable bonds is 3. The largest absolute Gasteiger partial charge is 0.248 e. The Morgan fingerprint density at radius 2 is 2.14 bits per heavy atom. The minimum Gasteiger partial charge on any atom is -0.248 e. The van der Waals surface area contributed by atoms with E-state index >= 15 is 0 Å². The maximum absolute atomic E-state index is 11.9. The van der Waals surface area contributed by atoms with Crippen LogP contribution in [0.5, 0.6) is 0 Å². The first-order chi connectivity index (χ1) is 3.27. The van der Waals surface area contributed by atoms with Gasteiger partial charge in [-0.15, -0.1) is 0 Å². The molecule has 0 aliphatic carbocycles. The molecule has 0 fully saturated rings. The molecule has 0 spiro atoms. The van der Waals surface area contributed by atoms with Gasteiger partial charge in [-0.25, -0.2) is 4.39 Å². The van der Waals surface area contributed by atoms with Crippen molar-refractivity contribution in [3.05, 3.63) is 0 Å². The van der Waals surface area contributed by atoms with E-state index in [1.54, 1.807) is 6.92 Å². The Morgan fingerprint density at radius 3 is 2.29 bits per heavy atom. The van der Waals surface area contributed by atoms with Crippen LogP contribution in [-0.2, 0) is 0 Å². The number of unbranched alkanes of at least 4 members (excludes halogenated alkanes) is 1. The van der Waals surface area contributed by atoms with Crippen molar-refractivity contribution in [3.63, 3.8) is 0 Å². The van der Waals surface area contributed by atoms with Crippen LogP contribution in [0.2, 0.25) is 0 Å². The second kappa shape index (κ2) is 4.10. The van der Waals surface area contributed by atoms with E-state index in [0.717, 1.165) is 19.3 Å². The summed E-state index contributed by atoms with van der Waals surface area (Å²) in [7, 11) is 0. The lowest BCUT2D eigenvalue weighted by Crippen LogP contribution is -1.89. The van der Waals surface area contributed by atoms with Gasteiger partial charge in [0.2, 0.25) is 0 Å². The van der Waals surface area contributed by atoms with Crippen LogP contribution in [0.25, 0.3) is 0 Å². The van der Waals surface area contributed by atoms with Gasteiger partial charge in [-0.2, -0.15) is 0 Å². The molecule has 0 aromatic carbocycles. The minimum atomic E-state index is -0.597. The van der Waals surface area contributed by atoms with Gasteiger partial charge >= 0.3 is 0 Å². The van der Waals surface area contributed by atoms with Gasteiger partial charge in [-0.1, -0.05) is 19.8 Å². The molecule has 44 valence electrons. The van der Waals surface area contributed by atoms with Crippen molar-refractivity contribution in [3.8, 4) is 0 Å². The monoisotopic (exact) mass is 104 g/mol. The molecule has 0 saturated heterocycles. The first kappa shape index (κ1) is 6.93. The highest BCUT2D eigenvalue weighted by Crippen LogP contribution is 2.01. The lowest BCUT2D eigenvalue weighted by atomic mass is 10.2. The lowest BCUT2D eigenvalue weighted by molar-refractivity contribution is 0.333. The number of hydrogen-bond donors (Lipinski definition) is 0. The van der Waals surface area contributed by atoms with Crippen molar-refractivity contribution in [2.45, 2.75) is 39.3 Å². The Kier molecular flexibility index (Phi) is 4.06. The maximum atomic E-state index is 11.9. The Balaban J connectivity index is 2.68. The zero-order valence-electron chi connectivity index (χ0n) is 5.08. The van der Waals surface area contributed by atoms with Crippen LogP contribution in [0, 0.1) is 0 Å². The van der Waals surface area contributed by atoms with Crippen molar-refractivity contribution >= 4 is 0 Å². The van der Waals surface area contributed by atoms with Gasteiger partial charge in [0.1, 0.15) is 0 Å². The minimum absolute atomic E-state index is 0.597. The molecule has 0 amide bonds. The Labute approximate surface area is 44.7 Å². The van der Waals surface area contributed by atoms with Gasteiger partial charge < -0.3 is 0 Å². The molecular weight excluding hydrogens is 91.1 g/mol. The van der Waals surface area contributed by atoms with Crippen LogP contribution < -0.4 is 0 Å². The summed E-state index contributed by atoms with van der Waals surface area (Å²) in [6.45, 7) is 3.68. The smallest absolute Gasteiger partial charge is 0.0973 e. The average Bonchev–Trinajstić information content (AvgIpc) is 1.61. The quantitative estimate of drug-likeness (QED) is 0.516. The Hall–Kier alpha value is -0.0700. The second-order valence-corrected chi connectivity index (χ2v) is 1.92. The molecule has 0 saturated carbocycles. The molecule has 0 bridgehead atoms. The standard InChI is InChI=1S/C6H13F/c1-3-4-5-6(2)7/h6H,3-5H2,1-2H3/t6-/m1/s1. The van der Waals surface area contributed by atoms with Crippen molar-refractivity contribution in [1.82, 2.24) is 0 Å². The highest BCUT2D eigenvalue weighted by Gasteiger charge is 1.93. The van der Waals surface area contributed by atoms with Crippen LogP contribution in [0.15, 0.2) is 0 Å². The van der Waals surface area contributed by atoms with Crippen molar-refractivity contribution in [1.29, 1.82) is 0 Å². The molecule has 7 heavy (non-hydrogen) atoms. The molecule has 0 aliphatic rings. The van der Waals surface area contributed by atoms with Crippen molar-refractivity contribution in [2.75, 3.05) is 0 Å². The Morgan fingerprint density at radius 1 is 1.57 bits per heavy atom. The third-order valence-corrected chi connectivity index (χ3v) is 0.955. The van der Waals surface area contributed by atoms with E-state index in [1.165, 1.54) is 0 Å². The van der Waals surface area contributed by atoms with Crippen LogP contribution in [0.1, 0.15) is 33.1 Å². The van der Waals surface area contributed by atoms with E-state index < -0.39 is 6.17 Å². The summed E-state index contributed by atoms with van der Waals surface area (Å²) in [4.78, 5) is 0. The summed E-state index contributed by atoms with van der Waals surface area (Å²) >= 11 is 0. The Bertz CT molecular complexity index is 33.2. The highest BCUT2D eigenvalue weighted by molar-refractivity contribution is 4.44. The van der Waals surface area contributed by atoms with Gasteiger partial charge in [-0.3, -0.25) is 0 Å². The third-order valence-electron chi connectivity index (χ3n) is 0.955. The molecule has 0 unspecified atom stereocenters. The average molecular weight is 104 g/mol. The zero-order valence-corrected chi connectivity index (χ0v) is 5.08. The summed E-state index contributed by atoms with van der Waals surface area (Å²) < 4.78 is 11.9. The molecule has 0 nitrogen and oxygen atoms in total. The van der Waals surface area contributed by atoms with Gasteiger partial charge in [0.25, 0.3) is 0 Å². The van der Waals surface area contributed by atoms with Crippen LogP contribution in [0.4, 0.5) is 4.39 Å². The fourth-order valence-corrected chi connectivity index (χ4v) is 0.485. The molecule has 0 heterocycles. The van der Waals surface area contributed by atoms with Crippen molar-refractivity contribution < 1.29 is 4.39 Å². The van der Waals surface area contributed by atoms with E-state index in [1.807, 2.05) is 0 Å². The van der Waals surface area contributed by atoms with E-state index in [2.05, 4.69) is 6.92 Å². The molecule has 0 aromatic rings. The molecule has 0 aliphatic heterocycles. The number of alkyl halides is 1. The van der Waals surface area contributed by atoms with Gasteiger partial charge in [-0.05, 0) is 13.3 Å². The molecule has 0 rings (SSSR count). The van der Waals surface area contributed by atoms with Gasteiger partial charge in [0.05, 0.1) is 6.17 Å². The fourth-order valence-electron chi connectivity index (χ4n) is 0.485. The van der Waals surface area contributed by atoms with E-state index in [9.17, 15) is 4.39 Å². The number of hydrogen-bond acceptors (Lipinski definition) is 0. The van der Waals surface area contributed by atoms with Crippen molar-refractivity contribution in [2.24, 2.45) is 0 Å². The molecule has 1 heteroatoms. The van der Waals surface area contributed by atoms with Crippen LogP contribution >= 0.6 is 0 Å². The first-order valence-electron chi connectivity index (χ1n) is 2.91. The summed E-state index contributed by atoms with van der Waals surface area (Å²) in [6, 6.07) is 0. The predicted octanol–water partition coefficient (Wildman–Crippen LogP) is 2.53. The maximum Gasteiger partial charge on any atom is 0.0973 e. The topological polar surface area (TPSA) is 0 Å². The summed E-state index contributed by atoms with van der Waals surface area (Å²) in [5, 5.41) is 0. The highest BCUT2D eigenvalue weighted by atomic mass is 19.1. The molecule has 0 N–H and O–H groups in total. The number of halogens is 1. The fraction of sp³-hybridized carbons (Fsp3) is 1.00. The summed E-state index contributed by atoms with van der Waals surface area (Å²) in [5.74, 6) is 0. The van der Waals surface area contributed by atoms with E-state index in [0.29, 0.717) is 0 Å². The first-order valence-corrected chi connectivity index (χ1v) is 2.91. The predicted molar refractivity (Wildman–Crippen MR) is 30.1 cm³/mol. The van der Waals surface area contributed by atoms with Gasteiger partial charge in [0, 0.05) is 0 Å². The van der Waals surface area contributed by atoms with E-state index in [4.69, 9.17) is 0 Å². The van der Waals surface area contributed by atoms with E-state index in [-0.39, 0.29) is 0 Å². The molecule has 0 aromatic heterocycles. The normalized spacial score (nSPS) is 14.1. The van der Waals surface area contributed by atoms with Crippen LogP contribution in [0.3, 0.4) is 0 Å². The third kappa shape index (κ3) is 5.93. The van der Waals surface area contributed by atoms with Crippen LogP contribution in [-0.4, -0.2) is 6.17 Å². The SMILES string of the molecule is CCCC[C@@H](C)F. The zero-order chi connectivity index (χ0) is 5.70. The summed E-state index contributed by atoms with van der Waals surface area (Å²) in [6.07, 6.45) is 2.27. The molecule has 1 atom stereocenters. The second-order valence-electron chi connectivity index (χ2n) is 1.92.